The molecule has 19 heavy (non-hydrogen) atoms. The van der Waals surface area contributed by atoms with E-state index in [-0.39, 0.29) is 17.4 Å². The van der Waals surface area contributed by atoms with Crippen LogP contribution < -0.4 is 0 Å². The monoisotopic (exact) mass is 344 g/mol. The minimum atomic E-state index is -3.53. The molecule has 6 heteroatoms. The zero-order valence-corrected chi connectivity index (χ0v) is 13.6. The first-order valence-corrected chi connectivity index (χ1v) is 8.22. The Balaban J connectivity index is 3.14. The largest absolute Gasteiger partial charge is 0.243 e. The lowest BCUT2D eigenvalue weighted by Gasteiger charge is -2.21. The molecule has 104 valence electrons. The van der Waals surface area contributed by atoms with Gasteiger partial charge in [-0.05, 0) is 37.6 Å². The second-order valence-electron chi connectivity index (χ2n) is 4.40. The van der Waals surface area contributed by atoms with Gasteiger partial charge in [-0.25, -0.2) is 8.42 Å². The number of sulfonamides is 1. The van der Waals surface area contributed by atoms with E-state index in [1.807, 2.05) is 6.92 Å². The smallest absolute Gasteiger partial charge is 0.207 e. The summed E-state index contributed by atoms with van der Waals surface area (Å²) in [6, 6.07) is 7.00. The van der Waals surface area contributed by atoms with Gasteiger partial charge in [0.25, 0.3) is 0 Å². The number of hydrogen-bond acceptors (Lipinski definition) is 3. The lowest BCUT2D eigenvalue weighted by atomic mass is 10.2. The minimum Gasteiger partial charge on any atom is -0.207 e. The molecule has 0 saturated carbocycles. The van der Waals surface area contributed by atoms with Crippen LogP contribution in [0, 0.1) is 24.2 Å². The third-order valence-corrected chi connectivity index (χ3v) is 5.64. The summed E-state index contributed by atoms with van der Waals surface area (Å²) in [6.07, 6.45) is 0. The van der Waals surface area contributed by atoms with Gasteiger partial charge in [0.2, 0.25) is 10.0 Å². The summed E-state index contributed by atoms with van der Waals surface area (Å²) < 4.78 is 27.2. The molecule has 0 aliphatic carbocycles. The van der Waals surface area contributed by atoms with Crippen molar-refractivity contribution in [2.45, 2.75) is 25.7 Å². The van der Waals surface area contributed by atoms with Crippen molar-refractivity contribution in [3.05, 3.63) is 28.2 Å². The van der Waals surface area contributed by atoms with E-state index < -0.39 is 10.0 Å². The maximum Gasteiger partial charge on any atom is 0.243 e. The van der Waals surface area contributed by atoms with E-state index in [9.17, 15) is 8.42 Å². The van der Waals surface area contributed by atoms with Crippen molar-refractivity contribution >= 4 is 26.0 Å². The molecule has 0 fully saturated rings. The molecule has 1 unspecified atom stereocenters. The number of halogens is 1. The van der Waals surface area contributed by atoms with Crippen molar-refractivity contribution in [1.29, 1.82) is 5.26 Å². The van der Waals surface area contributed by atoms with Gasteiger partial charge in [0.1, 0.15) is 0 Å². The van der Waals surface area contributed by atoms with Gasteiger partial charge in [0.15, 0.2) is 0 Å². The molecule has 1 atom stereocenters. The standard InChI is InChI=1S/C13H17BrN2O2S/c1-4-16(9-10(2)8-15)19(17,18)12-5-6-13(14)11(3)7-12/h5-7,10H,4,9H2,1-3H3. The number of aryl methyl sites for hydroxylation is 1. The van der Waals surface area contributed by atoms with Crippen LogP contribution >= 0.6 is 15.9 Å². The summed E-state index contributed by atoms with van der Waals surface area (Å²) in [6.45, 7) is 5.89. The van der Waals surface area contributed by atoms with Crippen LogP contribution in [0.4, 0.5) is 0 Å². The summed E-state index contributed by atoms with van der Waals surface area (Å²) in [4.78, 5) is 0.264. The van der Waals surface area contributed by atoms with Gasteiger partial charge < -0.3 is 0 Å². The maximum absolute atomic E-state index is 12.5. The fraction of sp³-hybridized carbons (Fsp3) is 0.462. The number of benzene rings is 1. The van der Waals surface area contributed by atoms with Crippen LogP contribution in [-0.4, -0.2) is 25.8 Å². The van der Waals surface area contributed by atoms with E-state index in [0.29, 0.717) is 6.54 Å². The quantitative estimate of drug-likeness (QED) is 0.824. The van der Waals surface area contributed by atoms with Crippen LogP contribution in [-0.2, 0) is 10.0 Å². The molecule has 0 spiro atoms. The Morgan fingerprint density at radius 3 is 2.58 bits per heavy atom. The second-order valence-corrected chi connectivity index (χ2v) is 7.19. The highest BCUT2D eigenvalue weighted by Gasteiger charge is 2.24. The maximum atomic E-state index is 12.5. The lowest BCUT2D eigenvalue weighted by molar-refractivity contribution is 0.400. The van der Waals surface area contributed by atoms with Crippen molar-refractivity contribution in [3.63, 3.8) is 0 Å². The zero-order chi connectivity index (χ0) is 14.6. The molecular weight excluding hydrogens is 328 g/mol. The summed E-state index contributed by atoms with van der Waals surface area (Å²) in [5.74, 6) is -0.328. The number of hydrogen-bond donors (Lipinski definition) is 0. The van der Waals surface area contributed by atoms with Gasteiger partial charge in [0.05, 0.1) is 16.9 Å². The van der Waals surface area contributed by atoms with Crippen molar-refractivity contribution in [3.8, 4) is 6.07 Å². The molecule has 0 bridgehead atoms. The van der Waals surface area contributed by atoms with Crippen molar-refractivity contribution in [2.75, 3.05) is 13.1 Å². The molecule has 0 saturated heterocycles. The molecule has 4 nitrogen and oxygen atoms in total. The van der Waals surface area contributed by atoms with Gasteiger partial charge in [-0.15, -0.1) is 0 Å². The van der Waals surface area contributed by atoms with Gasteiger partial charge in [-0.2, -0.15) is 9.57 Å². The summed E-state index contributed by atoms with van der Waals surface area (Å²) in [5, 5.41) is 8.82. The number of rotatable bonds is 5. The normalized spacial score (nSPS) is 13.3. The van der Waals surface area contributed by atoms with Crippen molar-refractivity contribution < 1.29 is 8.42 Å². The Kier molecular flexibility index (Phi) is 5.53. The highest BCUT2D eigenvalue weighted by atomic mass is 79.9. The molecule has 0 radical (unpaired) electrons. The number of nitriles is 1. The van der Waals surface area contributed by atoms with E-state index in [4.69, 9.17) is 5.26 Å². The summed E-state index contributed by atoms with van der Waals surface area (Å²) in [5.41, 5.74) is 0.866. The molecule has 1 aromatic rings. The first kappa shape index (κ1) is 16.2. The van der Waals surface area contributed by atoms with E-state index in [1.54, 1.807) is 32.0 Å². The topological polar surface area (TPSA) is 61.2 Å². The van der Waals surface area contributed by atoms with Gasteiger partial charge in [-0.3, -0.25) is 0 Å². The Hall–Kier alpha value is -0.900. The Morgan fingerprint density at radius 2 is 2.11 bits per heavy atom. The Labute approximate surface area is 123 Å². The molecule has 1 aromatic carbocycles. The molecule has 0 heterocycles. The fourth-order valence-corrected chi connectivity index (χ4v) is 3.54. The predicted octanol–water partition coefficient (Wildman–Crippen LogP) is 2.93. The van der Waals surface area contributed by atoms with E-state index >= 15 is 0 Å². The molecule has 0 N–H and O–H groups in total. The first-order chi connectivity index (χ1) is 8.82. The SMILES string of the molecule is CCN(CC(C)C#N)S(=O)(=O)c1ccc(Br)c(C)c1. The average Bonchev–Trinajstić information content (AvgIpc) is 2.38. The molecule has 1 rings (SSSR count). The van der Waals surface area contributed by atoms with E-state index in [0.717, 1.165) is 10.0 Å². The fourth-order valence-electron chi connectivity index (χ4n) is 1.67. The lowest BCUT2D eigenvalue weighted by Crippen LogP contribution is -2.34. The summed E-state index contributed by atoms with van der Waals surface area (Å²) in [7, 11) is -3.53. The average molecular weight is 345 g/mol. The molecule has 0 aliphatic heterocycles. The van der Waals surface area contributed by atoms with Crippen LogP contribution in [0.15, 0.2) is 27.6 Å². The highest BCUT2D eigenvalue weighted by molar-refractivity contribution is 9.10. The molecular formula is C13H17BrN2O2S. The Bertz CT molecular complexity index is 593. The zero-order valence-electron chi connectivity index (χ0n) is 11.2. The van der Waals surface area contributed by atoms with E-state index in [1.165, 1.54) is 4.31 Å². The molecule has 0 aromatic heterocycles. The van der Waals surface area contributed by atoms with Crippen LogP contribution in [0.1, 0.15) is 19.4 Å². The van der Waals surface area contributed by atoms with Crippen molar-refractivity contribution in [1.82, 2.24) is 4.31 Å². The van der Waals surface area contributed by atoms with Gasteiger partial charge in [-0.1, -0.05) is 22.9 Å². The van der Waals surface area contributed by atoms with Crippen LogP contribution in [0.3, 0.4) is 0 Å². The van der Waals surface area contributed by atoms with Crippen LogP contribution in [0.2, 0.25) is 0 Å². The first-order valence-electron chi connectivity index (χ1n) is 5.98. The molecule has 0 aliphatic rings. The second kappa shape index (κ2) is 6.51. The van der Waals surface area contributed by atoms with Crippen LogP contribution in [0.5, 0.6) is 0 Å². The number of nitrogens with zero attached hydrogens (tertiary/aromatic N) is 2. The Morgan fingerprint density at radius 1 is 1.47 bits per heavy atom. The van der Waals surface area contributed by atoms with Crippen LogP contribution in [0.25, 0.3) is 0 Å². The third-order valence-electron chi connectivity index (χ3n) is 2.82. The van der Waals surface area contributed by atoms with Gasteiger partial charge in [0, 0.05) is 17.6 Å². The molecule has 0 amide bonds. The minimum absolute atomic E-state index is 0.213. The van der Waals surface area contributed by atoms with Crippen molar-refractivity contribution in [2.24, 2.45) is 5.92 Å². The highest BCUT2D eigenvalue weighted by Crippen LogP contribution is 2.23. The van der Waals surface area contributed by atoms with Gasteiger partial charge >= 0.3 is 0 Å². The predicted molar refractivity (Wildman–Crippen MR) is 78.1 cm³/mol. The third kappa shape index (κ3) is 3.78. The van der Waals surface area contributed by atoms with E-state index in [2.05, 4.69) is 22.0 Å². The summed E-state index contributed by atoms with van der Waals surface area (Å²) >= 11 is 3.35.